The maximum atomic E-state index is 12.4. The predicted molar refractivity (Wildman–Crippen MR) is 104 cm³/mol. The number of carbonyl (C=O) groups excluding carboxylic acids is 1. The van der Waals surface area contributed by atoms with Crippen molar-refractivity contribution >= 4 is 17.7 Å². The van der Waals surface area contributed by atoms with Crippen LogP contribution in [0.2, 0.25) is 0 Å². The molecular weight excluding hydrogens is 360 g/mol. The normalized spacial score (nSPS) is 15.9. The number of fused-ring (bicyclic) bond motifs is 1. The molecule has 0 saturated heterocycles. The van der Waals surface area contributed by atoms with E-state index in [1.54, 1.807) is 12.4 Å². The lowest BCUT2D eigenvalue weighted by atomic mass is 9.88. The first-order chi connectivity index (χ1) is 13.2. The molecule has 1 aliphatic carbocycles. The van der Waals surface area contributed by atoms with Crippen LogP contribution in [0.4, 0.5) is 0 Å². The van der Waals surface area contributed by atoms with Gasteiger partial charge in [0.15, 0.2) is 5.82 Å². The lowest BCUT2D eigenvalue weighted by Gasteiger charge is -2.26. The summed E-state index contributed by atoms with van der Waals surface area (Å²) in [5.41, 5.74) is 3.33. The number of nitrogens with one attached hydrogen (secondary N) is 1. The molecule has 0 radical (unpaired) electrons. The Morgan fingerprint density at radius 3 is 3.00 bits per heavy atom. The highest BCUT2D eigenvalue weighted by Crippen LogP contribution is 2.29. The van der Waals surface area contributed by atoms with Crippen molar-refractivity contribution in [2.24, 2.45) is 0 Å². The van der Waals surface area contributed by atoms with E-state index in [1.807, 2.05) is 24.3 Å². The summed E-state index contributed by atoms with van der Waals surface area (Å²) in [7, 11) is 0. The molecule has 1 aromatic carbocycles. The maximum absolute atomic E-state index is 12.4. The quantitative estimate of drug-likeness (QED) is 0.521. The number of hydrogen-bond acceptors (Lipinski definition) is 6. The number of nitrogens with zero attached hydrogens (tertiary/aromatic N) is 4. The van der Waals surface area contributed by atoms with Crippen molar-refractivity contribution in [3.8, 4) is 11.4 Å². The summed E-state index contributed by atoms with van der Waals surface area (Å²) >= 11 is 1.27. The monoisotopic (exact) mass is 380 g/mol. The highest BCUT2D eigenvalue weighted by molar-refractivity contribution is 7.99. The number of thioether (sulfide) groups is 1. The summed E-state index contributed by atoms with van der Waals surface area (Å²) in [5, 5.41) is 11.8. The van der Waals surface area contributed by atoms with Gasteiger partial charge in [0, 0.05) is 18.0 Å². The molecule has 1 amide bonds. The standard InChI is InChI=1S/C19H20N6OS/c20-25-18(14-7-4-10-21-11-14)23-24-19(25)27-12-17(26)22-16-9-3-6-13-5-1-2-8-15(13)16/h1-2,4-5,7-8,10-11,16H,3,6,9,12,20H2,(H,22,26). The molecule has 8 heteroatoms. The van der Waals surface area contributed by atoms with Gasteiger partial charge in [-0.05, 0) is 42.5 Å². The Morgan fingerprint density at radius 2 is 2.15 bits per heavy atom. The number of nitrogens with two attached hydrogens (primary N) is 1. The van der Waals surface area contributed by atoms with Gasteiger partial charge in [-0.1, -0.05) is 36.0 Å². The van der Waals surface area contributed by atoms with Gasteiger partial charge in [-0.25, -0.2) is 4.68 Å². The molecule has 3 N–H and O–H groups in total. The smallest absolute Gasteiger partial charge is 0.230 e. The Kier molecular flexibility index (Phi) is 5.06. The molecule has 0 spiro atoms. The van der Waals surface area contributed by atoms with E-state index in [9.17, 15) is 4.79 Å². The minimum atomic E-state index is -0.0346. The topological polar surface area (TPSA) is 98.7 Å². The number of benzene rings is 1. The van der Waals surface area contributed by atoms with Gasteiger partial charge >= 0.3 is 0 Å². The Hall–Kier alpha value is -2.87. The van der Waals surface area contributed by atoms with Crippen LogP contribution in [-0.4, -0.2) is 31.5 Å². The molecule has 0 fully saturated rings. The molecule has 2 aromatic heterocycles. The third-order valence-corrected chi connectivity index (χ3v) is 5.56. The highest BCUT2D eigenvalue weighted by atomic mass is 32.2. The number of hydrogen-bond donors (Lipinski definition) is 2. The van der Waals surface area contributed by atoms with Crippen molar-refractivity contribution in [1.29, 1.82) is 0 Å². The molecule has 0 bridgehead atoms. The first-order valence-corrected chi connectivity index (χ1v) is 9.82. The molecule has 27 heavy (non-hydrogen) atoms. The third kappa shape index (κ3) is 3.80. The zero-order valence-corrected chi connectivity index (χ0v) is 15.5. The van der Waals surface area contributed by atoms with Crippen molar-refractivity contribution in [2.75, 3.05) is 11.6 Å². The molecule has 1 atom stereocenters. The van der Waals surface area contributed by atoms with Gasteiger partial charge in [0.2, 0.25) is 11.1 Å². The lowest BCUT2D eigenvalue weighted by molar-refractivity contribution is -0.119. The van der Waals surface area contributed by atoms with Gasteiger partial charge in [0.25, 0.3) is 0 Å². The van der Waals surface area contributed by atoms with E-state index < -0.39 is 0 Å². The molecular formula is C19H20N6OS. The fourth-order valence-corrected chi connectivity index (χ4v) is 4.00. The molecule has 4 rings (SSSR count). The van der Waals surface area contributed by atoms with Crippen LogP contribution < -0.4 is 11.2 Å². The molecule has 0 aliphatic heterocycles. The largest absolute Gasteiger partial charge is 0.349 e. The van der Waals surface area contributed by atoms with Crippen molar-refractivity contribution in [3.63, 3.8) is 0 Å². The molecule has 0 saturated carbocycles. The van der Waals surface area contributed by atoms with E-state index >= 15 is 0 Å². The van der Waals surface area contributed by atoms with E-state index in [4.69, 9.17) is 5.84 Å². The zero-order chi connectivity index (χ0) is 18.6. The second-order valence-corrected chi connectivity index (χ2v) is 7.36. The summed E-state index contributed by atoms with van der Waals surface area (Å²) in [6.07, 6.45) is 6.48. The number of rotatable bonds is 5. The molecule has 2 heterocycles. The maximum Gasteiger partial charge on any atom is 0.230 e. The van der Waals surface area contributed by atoms with Crippen LogP contribution in [0.5, 0.6) is 0 Å². The molecule has 1 aliphatic rings. The SMILES string of the molecule is Nn1c(SCC(=O)NC2CCCc3ccccc32)nnc1-c1cccnc1. The van der Waals surface area contributed by atoms with Crippen LogP contribution in [0.1, 0.15) is 30.0 Å². The van der Waals surface area contributed by atoms with Gasteiger partial charge in [0.1, 0.15) is 0 Å². The average molecular weight is 380 g/mol. The number of aromatic nitrogens is 4. The number of carbonyl (C=O) groups is 1. The van der Waals surface area contributed by atoms with Crippen LogP contribution in [0, 0.1) is 0 Å². The summed E-state index contributed by atoms with van der Waals surface area (Å²) in [5.74, 6) is 6.80. The van der Waals surface area contributed by atoms with Gasteiger partial charge in [0.05, 0.1) is 11.8 Å². The molecule has 3 aromatic rings. The summed E-state index contributed by atoms with van der Waals surface area (Å²) in [6, 6.07) is 12.1. The zero-order valence-electron chi connectivity index (χ0n) is 14.7. The van der Waals surface area contributed by atoms with Gasteiger partial charge in [-0.3, -0.25) is 9.78 Å². The predicted octanol–water partition coefficient (Wildman–Crippen LogP) is 2.34. The minimum Gasteiger partial charge on any atom is -0.349 e. The van der Waals surface area contributed by atoms with Gasteiger partial charge in [-0.15, -0.1) is 10.2 Å². The van der Waals surface area contributed by atoms with Crippen LogP contribution in [0.3, 0.4) is 0 Å². The fourth-order valence-electron chi connectivity index (χ4n) is 3.34. The summed E-state index contributed by atoms with van der Waals surface area (Å²) < 4.78 is 1.39. The van der Waals surface area contributed by atoms with E-state index in [2.05, 4.69) is 32.6 Å². The first-order valence-electron chi connectivity index (χ1n) is 8.83. The van der Waals surface area contributed by atoms with Crippen LogP contribution >= 0.6 is 11.8 Å². The van der Waals surface area contributed by atoms with E-state index in [-0.39, 0.29) is 17.7 Å². The summed E-state index contributed by atoms with van der Waals surface area (Å²) in [6.45, 7) is 0. The van der Waals surface area contributed by atoms with Crippen molar-refractivity contribution < 1.29 is 4.79 Å². The van der Waals surface area contributed by atoms with Crippen molar-refractivity contribution in [2.45, 2.75) is 30.5 Å². The number of aryl methyl sites for hydroxylation is 1. The molecule has 1 unspecified atom stereocenters. The Bertz CT molecular complexity index is 942. The Morgan fingerprint density at radius 1 is 1.26 bits per heavy atom. The van der Waals surface area contributed by atoms with Crippen LogP contribution in [0.15, 0.2) is 53.9 Å². The van der Waals surface area contributed by atoms with Gasteiger partial charge < -0.3 is 11.2 Å². The van der Waals surface area contributed by atoms with E-state index in [1.165, 1.54) is 27.6 Å². The fraction of sp³-hybridized carbons (Fsp3) is 0.263. The second kappa shape index (κ2) is 7.79. The summed E-state index contributed by atoms with van der Waals surface area (Å²) in [4.78, 5) is 16.5. The van der Waals surface area contributed by atoms with Crippen LogP contribution in [-0.2, 0) is 11.2 Å². The Balaban J connectivity index is 1.39. The molecule has 138 valence electrons. The number of nitrogen functional groups attached to an aromatic ring is 1. The average Bonchev–Trinajstić information content (AvgIpc) is 3.08. The second-order valence-electron chi connectivity index (χ2n) is 6.42. The minimum absolute atomic E-state index is 0.0346. The number of amides is 1. The van der Waals surface area contributed by atoms with Crippen LogP contribution in [0.25, 0.3) is 11.4 Å². The number of pyridine rings is 1. The Labute approximate surface area is 161 Å². The van der Waals surface area contributed by atoms with Gasteiger partial charge in [-0.2, -0.15) is 0 Å². The van der Waals surface area contributed by atoms with E-state index in [0.29, 0.717) is 11.0 Å². The molecule has 7 nitrogen and oxygen atoms in total. The lowest BCUT2D eigenvalue weighted by Crippen LogP contribution is -2.32. The van der Waals surface area contributed by atoms with E-state index in [0.717, 1.165) is 24.8 Å². The van der Waals surface area contributed by atoms with Crippen molar-refractivity contribution in [1.82, 2.24) is 25.2 Å². The highest BCUT2D eigenvalue weighted by Gasteiger charge is 2.22. The van der Waals surface area contributed by atoms with Crippen molar-refractivity contribution in [3.05, 3.63) is 59.9 Å². The third-order valence-electron chi connectivity index (χ3n) is 4.62. The first kappa shape index (κ1) is 17.5.